The smallest absolute Gasteiger partial charge is 0.317 e. The van der Waals surface area contributed by atoms with E-state index in [1.807, 2.05) is 13.8 Å². The van der Waals surface area contributed by atoms with Crippen LogP contribution in [0.1, 0.15) is 27.2 Å². The fourth-order valence-corrected chi connectivity index (χ4v) is 2.19. The Bertz CT molecular complexity index is 308. The molecule has 0 aromatic rings. The van der Waals surface area contributed by atoms with Gasteiger partial charge in [-0.05, 0) is 27.2 Å². The number of urea groups is 1. The molecular formula is C12H22N2O4. The number of amides is 2. The van der Waals surface area contributed by atoms with Crippen LogP contribution in [0.4, 0.5) is 4.79 Å². The van der Waals surface area contributed by atoms with Crippen LogP contribution in [0.25, 0.3) is 0 Å². The molecule has 0 radical (unpaired) electrons. The lowest BCUT2D eigenvalue weighted by molar-refractivity contribution is -0.142. The Morgan fingerprint density at radius 2 is 2.22 bits per heavy atom. The van der Waals surface area contributed by atoms with Crippen LogP contribution in [-0.4, -0.2) is 53.8 Å². The van der Waals surface area contributed by atoms with Gasteiger partial charge in [0.15, 0.2) is 0 Å². The number of nitrogens with one attached hydrogen (secondary N) is 1. The second-order valence-electron chi connectivity index (χ2n) is 4.68. The summed E-state index contributed by atoms with van der Waals surface area (Å²) in [5.41, 5.74) is 0. The lowest BCUT2D eigenvalue weighted by Gasteiger charge is -2.25. The van der Waals surface area contributed by atoms with Gasteiger partial charge in [0.25, 0.3) is 0 Å². The SMILES string of the molecule is CCOCC(C)NC(=O)N1CCC(C(=O)O)C1C. The van der Waals surface area contributed by atoms with Crippen molar-refractivity contribution >= 4 is 12.0 Å². The molecule has 1 heterocycles. The van der Waals surface area contributed by atoms with Gasteiger partial charge in [0.1, 0.15) is 0 Å². The van der Waals surface area contributed by atoms with E-state index in [2.05, 4.69) is 5.32 Å². The Morgan fingerprint density at radius 1 is 1.56 bits per heavy atom. The van der Waals surface area contributed by atoms with E-state index >= 15 is 0 Å². The van der Waals surface area contributed by atoms with E-state index in [1.165, 1.54) is 0 Å². The van der Waals surface area contributed by atoms with Crippen LogP contribution < -0.4 is 5.32 Å². The summed E-state index contributed by atoms with van der Waals surface area (Å²) in [5, 5.41) is 11.8. The Labute approximate surface area is 107 Å². The number of aliphatic carboxylic acids is 1. The summed E-state index contributed by atoms with van der Waals surface area (Å²) in [6.45, 7) is 7.11. The first kappa shape index (κ1) is 14.8. The lowest BCUT2D eigenvalue weighted by Crippen LogP contribution is -2.47. The molecule has 3 unspecified atom stereocenters. The minimum absolute atomic E-state index is 0.0754. The monoisotopic (exact) mass is 258 g/mol. The van der Waals surface area contributed by atoms with Crippen LogP contribution in [0, 0.1) is 5.92 Å². The van der Waals surface area contributed by atoms with Gasteiger partial charge in [-0.1, -0.05) is 0 Å². The number of nitrogens with zero attached hydrogens (tertiary/aromatic N) is 1. The number of carbonyl (C=O) groups is 2. The number of ether oxygens (including phenoxy) is 1. The van der Waals surface area contributed by atoms with Crippen molar-refractivity contribution in [2.75, 3.05) is 19.8 Å². The van der Waals surface area contributed by atoms with Gasteiger partial charge < -0.3 is 20.1 Å². The summed E-state index contributed by atoms with van der Waals surface area (Å²) in [7, 11) is 0. The highest BCUT2D eigenvalue weighted by Crippen LogP contribution is 2.24. The highest BCUT2D eigenvalue weighted by Gasteiger charge is 2.38. The molecule has 0 saturated carbocycles. The van der Waals surface area contributed by atoms with Gasteiger partial charge in [0, 0.05) is 19.2 Å². The zero-order valence-corrected chi connectivity index (χ0v) is 11.2. The van der Waals surface area contributed by atoms with E-state index in [1.54, 1.807) is 11.8 Å². The van der Waals surface area contributed by atoms with Crippen LogP contribution in [0.2, 0.25) is 0 Å². The maximum atomic E-state index is 12.0. The minimum atomic E-state index is -0.833. The molecule has 0 aromatic carbocycles. The standard InChI is InChI=1S/C12H22N2O4/c1-4-18-7-8(2)13-12(17)14-6-5-10(9(14)3)11(15)16/h8-10H,4-7H2,1-3H3,(H,13,17)(H,15,16). The fraction of sp³-hybridized carbons (Fsp3) is 0.833. The largest absolute Gasteiger partial charge is 0.481 e. The summed E-state index contributed by atoms with van der Waals surface area (Å²) in [4.78, 5) is 24.5. The molecule has 2 N–H and O–H groups in total. The molecule has 0 aromatic heterocycles. The molecule has 104 valence electrons. The molecule has 3 atom stereocenters. The maximum absolute atomic E-state index is 12.0. The summed E-state index contributed by atoms with van der Waals surface area (Å²) < 4.78 is 5.22. The molecule has 1 rings (SSSR count). The van der Waals surface area contributed by atoms with Crippen molar-refractivity contribution in [2.45, 2.75) is 39.3 Å². The van der Waals surface area contributed by atoms with E-state index in [0.29, 0.717) is 26.2 Å². The topological polar surface area (TPSA) is 78.9 Å². The summed E-state index contributed by atoms with van der Waals surface area (Å²) >= 11 is 0. The highest BCUT2D eigenvalue weighted by molar-refractivity contribution is 5.78. The first-order valence-corrected chi connectivity index (χ1v) is 6.35. The Balaban J connectivity index is 2.45. The Hall–Kier alpha value is -1.30. The molecule has 1 fully saturated rings. The maximum Gasteiger partial charge on any atom is 0.317 e. The molecule has 6 nitrogen and oxygen atoms in total. The summed E-state index contributed by atoms with van der Waals surface area (Å²) in [6.07, 6.45) is 0.518. The average molecular weight is 258 g/mol. The fourth-order valence-electron chi connectivity index (χ4n) is 2.19. The quantitative estimate of drug-likeness (QED) is 0.768. The van der Waals surface area contributed by atoms with Crippen molar-refractivity contribution in [2.24, 2.45) is 5.92 Å². The molecule has 0 bridgehead atoms. The first-order valence-electron chi connectivity index (χ1n) is 6.35. The van der Waals surface area contributed by atoms with Gasteiger partial charge in [-0.2, -0.15) is 0 Å². The third-order valence-corrected chi connectivity index (χ3v) is 3.27. The van der Waals surface area contributed by atoms with Gasteiger partial charge >= 0.3 is 12.0 Å². The highest BCUT2D eigenvalue weighted by atomic mass is 16.5. The number of carboxylic acid groups (broad SMARTS) is 1. The van der Waals surface area contributed by atoms with Crippen molar-refractivity contribution in [3.05, 3.63) is 0 Å². The van der Waals surface area contributed by atoms with Gasteiger partial charge in [-0.25, -0.2) is 4.79 Å². The molecule has 0 spiro atoms. The Kier molecular flexibility index (Phi) is 5.40. The van der Waals surface area contributed by atoms with E-state index in [-0.39, 0.29) is 18.1 Å². The number of carbonyl (C=O) groups excluding carboxylic acids is 1. The van der Waals surface area contributed by atoms with E-state index in [0.717, 1.165) is 0 Å². The first-order chi connectivity index (χ1) is 8.47. The molecule has 1 aliphatic rings. The number of hydrogen-bond donors (Lipinski definition) is 2. The van der Waals surface area contributed by atoms with Gasteiger partial charge in [-0.15, -0.1) is 0 Å². The number of likely N-dealkylation sites (tertiary alicyclic amines) is 1. The number of rotatable bonds is 5. The average Bonchev–Trinajstić information content (AvgIpc) is 2.68. The third-order valence-electron chi connectivity index (χ3n) is 3.27. The van der Waals surface area contributed by atoms with Gasteiger partial charge in [0.05, 0.1) is 18.6 Å². The molecule has 6 heteroatoms. The van der Waals surface area contributed by atoms with Crippen LogP contribution in [0.15, 0.2) is 0 Å². The van der Waals surface area contributed by atoms with Crippen molar-refractivity contribution < 1.29 is 19.4 Å². The van der Waals surface area contributed by atoms with Crippen LogP contribution in [0.3, 0.4) is 0 Å². The molecule has 1 saturated heterocycles. The minimum Gasteiger partial charge on any atom is -0.481 e. The lowest BCUT2D eigenvalue weighted by atomic mass is 10.0. The third kappa shape index (κ3) is 3.60. The Morgan fingerprint density at radius 3 is 2.72 bits per heavy atom. The molecule has 18 heavy (non-hydrogen) atoms. The molecule has 0 aliphatic carbocycles. The predicted molar refractivity (Wildman–Crippen MR) is 66.4 cm³/mol. The molecular weight excluding hydrogens is 236 g/mol. The van der Waals surface area contributed by atoms with E-state index in [4.69, 9.17) is 9.84 Å². The molecule has 2 amide bonds. The normalized spacial score (nSPS) is 24.9. The van der Waals surface area contributed by atoms with E-state index < -0.39 is 11.9 Å². The second-order valence-corrected chi connectivity index (χ2v) is 4.68. The van der Waals surface area contributed by atoms with Crippen molar-refractivity contribution in [1.29, 1.82) is 0 Å². The van der Waals surface area contributed by atoms with E-state index in [9.17, 15) is 9.59 Å². The second kappa shape index (κ2) is 6.58. The van der Waals surface area contributed by atoms with Crippen molar-refractivity contribution in [3.63, 3.8) is 0 Å². The summed E-state index contributed by atoms with van der Waals surface area (Å²) in [5.74, 6) is -1.29. The van der Waals surface area contributed by atoms with Crippen LogP contribution >= 0.6 is 0 Å². The number of carboxylic acids is 1. The van der Waals surface area contributed by atoms with Gasteiger partial charge in [-0.3, -0.25) is 4.79 Å². The molecule has 1 aliphatic heterocycles. The van der Waals surface area contributed by atoms with Crippen molar-refractivity contribution in [1.82, 2.24) is 10.2 Å². The summed E-state index contributed by atoms with van der Waals surface area (Å²) in [6, 6.07) is -0.547. The zero-order chi connectivity index (χ0) is 13.7. The van der Waals surface area contributed by atoms with Crippen LogP contribution in [0.5, 0.6) is 0 Å². The predicted octanol–water partition coefficient (Wildman–Crippen LogP) is 0.916. The van der Waals surface area contributed by atoms with Crippen LogP contribution in [-0.2, 0) is 9.53 Å². The van der Waals surface area contributed by atoms with Gasteiger partial charge in [0.2, 0.25) is 0 Å². The van der Waals surface area contributed by atoms with Crippen molar-refractivity contribution in [3.8, 4) is 0 Å². The zero-order valence-electron chi connectivity index (χ0n) is 11.2. The number of hydrogen-bond acceptors (Lipinski definition) is 3.